The maximum absolute atomic E-state index is 12.1. The minimum atomic E-state index is 0.349. The first-order valence-electron chi connectivity index (χ1n) is 6.61. The molecule has 0 N–H and O–H groups in total. The van der Waals surface area contributed by atoms with Crippen molar-refractivity contribution in [2.75, 3.05) is 0 Å². The van der Waals surface area contributed by atoms with E-state index >= 15 is 0 Å². The standard InChI is InChI=1S/C15H22OS/c1-15(2)8-5-13(6-9-15)14(16)4-3-12-7-10-17-11-12/h7,10-11,13H,3-6,8-9H2,1-2H3. The predicted molar refractivity (Wildman–Crippen MR) is 73.4 cm³/mol. The molecule has 1 aromatic rings. The van der Waals surface area contributed by atoms with Gasteiger partial charge in [0.1, 0.15) is 5.78 Å². The number of carbonyl (C=O) groups is 1. The van der Waals surface area contributed by atoms with Crippen LogP contribution in [-0.4, -0.2) is 5.78 Å². The molecular formula is C15H22OS. The van der Waals surface area contributed by atoms with Crippen LogP contribution in [0.3, 0.4) is 0 Å². The molecule has 2 heteroatoms. The zero-order chi connectivity index (χ0) is 12.3. The molecule has 94 valence electrons. The van der Waals surface area contributed by atoms with E-state index in [-0.39, 0.29) is 0 Å². The fourth-order valence-electron chi connectivity index (χ4n) is 2.63. The Labute approximate surface area is 108 Å². The van der Waals surface area contributed by atoms with Gasteiger partial charge in [-0.25, -0.2) is 0 Å². The van der Waals surface area contributed by atoms with Gasteiger partial charge in [0, 0.05) is 12.3 Å². The summed E-state index contributed by atoms with van der Waals surface area (Å²) in [4.78, 5) is 12.1. The second kappa shape index (κ2) is 5.34. The van der Waals surface area contributed by atoms with Crippen molar-refractivity contribution in [2.24, 2.45) is 11.3 Å². The van der Waals surface area contributed by atoms with E-state index in [1.807, 2.05) is 0 Å². The van der Waals surface area contributed by atoms with E-state index in [9.17, 15) is 4.79 Å². The van der Waals surface area contributed by atoms with Gasteiger partial charge in [0.2, 0.25) is 0 Å². The molecule has 1 heterocycles. The lowest BCUT2D eigenvalue weighted by Crippen LogP contribution is -2.26. The first kappa shape index (κ1) is 12.8. The molecule has 0 spiro atoms. The molecule has 0 amide bonds. The largest absolute Gasteiger partial charge is 0.299 e. The van der Waals surface area contributed by atoms with E-state index in [0.717, 1.165) is 25.7 Å². The Hall–Kier alpha value is -0.630. The molecular weight excluding hydrogens is 228 g/mol. The van der Waals surface area contributed by atoms with Crippen molar-refractivity contribution in [1.82, 2.24) is 0 Å². The second-order valence-corrected chi connectivity index (χ2v) is 6.82. The molecule has 0 aliphatic heterocycles. The lowest BCUT2D eigenvalue weighted by Gasteiger charge is -2.33. The third kappa shape index (κ3) is 3.67. The zero-order valence-corrected chi connectivity index (χ0v) is 11.7. The number of thiophene rings is 1. The monoisotopic (exact) mass is 250 g/mol. The Bertz CT molecular complexity index is 354. The van der Waals surface area contributed by atoms with Gasteiger partial charge in [-0.05, 0) is 59.9 Å². The zero-order valence-electron chi connectivity index (χ0n) is 10.9. The van der Waals surface area contributed by atoms with Gasteiger partial charge >= 0.3 is 0 Å². The summed E-state index contributed by atoms with van der Waals surface area (Å²) in [5.41, 5.74) is 1.78. The van der Waals surface area contributed by atoms with E-state index < -0.39 is 0 Å². The molecule has 0 saturated heterocycles. The summed E-state index contributed by atoms with van der Waals surface area (Å²) in [6.07, 6.45) is 6.30. The predicted octanol–water partition coefficient (Wildman–Crippen LogP) is 4.47. The first-order valence-corrected chi connectivity index (χ1v) is 7.55. The molecule has 0 aromatic carbocycles. The molecule has 0 radical (unpaired) electrons. The molecule has 0 bridgehead atoms. The van der Waals surface area contributed by atoms with Crippen molar-refractivity contribution in [3.8, 4) is 0 Å². The summed E-state index contributed by atoms with van der Waals surface area (Å²) in [5, 5.41) is 4.24. The summed E-state index contributed by atoms with van der Waals surface area (Å²) in [6, 6.07) is 2.13. The van der Waals surface area contributed by atoms with Crippen LogP contribution in [0, 0.1) is 11.3 Å². The molecule has 17 heavy (non-hydrogen) atoms. The van der Waals surface area contributed by atoms with Crippen LogP contribution in [0.15, 0.2) is 16.8 Å². The Morgan fingerprint density at radius 1 is 1.41 bits per heavy atom. The maximum atomic E-state index is 12.1. The van der Waals surface area contributed by atoms with Crippen LogP contribution in [0.4, 0.5) is 0 Å². The highest BCUT2D eigenvalue weighted by Crippen LogP contribution is 2.38. The van der Waals surface area contributed by atoms with Gasteiger partial charge in [-0.15, -0.1) is 0 Å². The van der Waals surface area contributed by atoms with Gasteiger partial charge in [-0.2, -0.15) is 11.3 Å². The highest BCUT2D eigenvalue weighted by atomic mass is 32.1. The first-order chi connectivity index (χ1) is 8.07. The van der Waals surface area contributed by atoms with E-state index in [1.165, 1.54) is 18.4 Å². The lowest BCUT2D eigenvalue weighted by molar-refractivity contribution is -0.124. The summed E-state index contributed by atoms with van der Waals surface area (Å²) >= 11 is 1.72. The molecule has 1 nitrogen and oxygen atoms in total. The quantitative estimate of drug-likeness (QED) is 0.770. The minimum Gasteiger partial charge on any atom is -0.299 e. The molecule has 1 aliphatic rings. The normalized spacial score (nSPS) is 20.4. The van der Waals surface area contributed by atoms with Crippen LogP contribution in [0.1, 0.15) is 51.5 Å². The van der Waals surface area contributed by atoms with Crippen molar-refractivity contribution in [3.63, 3.8) is 0 Å². The SMILES string of the molecule is CC1(C)CCC(C(=O)CCc2ccsc2)CC1. The molecule has 1 aliphatic carbocycles. The number of hydrogen-bond donors (Lipinski definition) is 0. The molecule has 0 unspecified atom stereocenters. The summed E-state index contributed by atoms with van der Waals surface area (Å²) in [5.74, 6) is 0.841. The number of aryl methyl sites for hydroxylation is 1. The smallest absolute Gasteiger partial charge is 0.136 e. The summed E-state index contributed by atoms with van der Waals surface area (Å²) in [6.45, 7) is 4.64. The van der Waals surface area contributed by atoms with Gasteiger partial charge in [0.05, 0.1) is 0 Å². The molecule has 1 fully saturated rings. The Kier molecular flexibility index (Phi) is 4.03. The molecule has 1 aromatic heterocycles. The Morgan fingerprint density at radius 2 is 2.12 bits per heavy atom. The second-order valence-electron chi connectivity index (χ2n) is 6.04. The van der Waals surface area contributed by atoms with Crippen molar-refractivity contribution >= 4 is 17.1 Å². The van der Waals surface area contributed by atoms with Gasteiger partial charge < -0.3 is 0 Å². The van der Waals surface area contributed by atoms with Gasteiger partial charge in [0.15, 0.2) is 0 Å². The van der Waals surface area contributed by atoms with Gasteiger partial charge in [0.25, 0.3) is 0 Å². The third-order valence-electron chi connectivity index (χ3n) is 4.03. The number of hydrogen-bond acceptors (Lipinski definition) is 2. The van der Waals surface area contributed by atoms with Crippen LogP contribution in [0.2, 0.25) is 0 Å². The Balaban J connectivity index is 1.77. The number of carbonyl (C=O) groups excluding carboxylic acids is 1. The van der Waals surface area contributed by atoms with Crippen molar-refractivity contribution in [1.29, 1.82) is 0 Å². The van der Waals surface area contributed by atoms with Crippen LogP contribution >= 0.6 is 11.3 Å². The molecule has 1 saturated carbocycles. The molecule has 0 atom stereocenters. The van der Waals surface area contributed by atoms with Gasteiger partial charge in [-0.1, -0.05) is 13.8 Å². The van der Waals surface area contributed by atoms with Crippen LogP contribution < -0.4 is 0 Å². The van der Waals surface area contributed by atoms with Crippen LogP contribution in [-0.2, 0) is 11.2 Å². The highest BCUT2D eigenvalue weighted by Gasteiger charge is 2.29. The number of rotatable bonds is 4. The lowest BCUT2D eigenvalue weighted by atomic mass is 9.71. The maximum Gasteiger partial charge on any atom is 0.136 e. The molecule has 2 rings (SSSR count). The fraction of sp³-hybridized carbons (Fsp3) is 0.667. The summed E-state index contributed by atoms with van der Waals surface area (Å²) < 4.78 is 0. The van der Waals surface area contributed by atoms with Crippen molar-refractivity contribution in [2.45, 2.75) is 52.4 Å². The topological polar surface area (TPSA) is 17.1 Å². The third-order valence-corrected chi connectivity index (χ3v) is 4.77. The van der Waals surface area contributed by atoms with Crippen LogP contribution in [0.5, 0.6) is 0 Å². The van der Waals surface area contributed by atoms with Crippen LogP contribution in [0.25, 0.3) is 0 Å². The van der Waals surface area contributed by atoms with E-state index in [2.05, 4.69) is 30.7 Å². The van der Waals surface area contributed by atoms with E-state index in [0.29, 0.717) is 17.1 Å². The average Bonchev–Trinajstić information content (AvgIpc) is 2.78. The Morgan fingerprint density at radius 3 is 2.71 bits per heavy atom. The van der Waals surface area contributed by atoms with Gasteiger partial charge in [-0.3, -0.25) is 4.79 Å². The number of Topliss-reactive ketones (excluding diaryl/α,β-unsaturated/α-hetero) is 1. The highest BCUT2D eigenvalue weighted by molar-refractivity contribution is 7.07. The van der Waals surface area contributed by atoms with E-state index in [1.54, 1.807) is 11.3 Å². The number of ketones is 1. The van der Waals surface area contributed by atoms with Crippen molar-refractivity contribution < 1.29 is 4.79 Å². The fourth-order valence-corrected chi connectivity index (χ4v) is 3.33. The minimum absolute atomic E-state index is 0.349. The average molecular weight is 250 g/mol. The summed E-state index contributed by atoms with van der Waals surface area (Å²) in [7, 11) is 0. The van der Waals surface area contributed by atoms with E-state index in [4.69, 9.17) is 0 Å². The van der Waals surface area contributed by atoms with Crippen molar-refractivity contribution in [3.05, 3.63) is 22.4 Å².